The third-order valence-electron chi connectivity index (χ3n) is 3.86. The smallest absolute Gasteiger partial charge is 0.264 e. The predicted molar refractivity (Wildman–Crippen MR) is 124 cm³/mol. The molecule has 10 nitrogen and oxygen atoms in total. The van der Waals surface area contributed by atoms with Crippen molar-refractivity contribution in [2.45, 2.75) is 5.16 Å². The molecule has 3 rings (SSSR count). The van der Waals surface area contributed by atoms with Crippen molar-refractivity contribution in [1.82, 2.24) is 14.9 Å². The Morgan fingerprint density at radius 2 is 1.97 bits per heavy atom. The fraction of sp³-hybridized carbons (Fsp3) is 0.158. The number of hydrogen-bond acceptors (Lipinski definition) is 9. The summed E-state index contributed by atoms with van der Waals surface area (Å²) in [5.41, 5.74) is 4.18. The number of halogens is 1. The summed E-state index contributed by atoms with van der Waals surface area (Å²) in [6.45, 7) is 0. The summed E-state index contributed by atoms with van der Waals surface area (Å²) in [5.74, 6) is 7.21. The summed E-state index contributed by atoms with van der Waals surface area (Å²) in [7, 11) is 3.08. The first-order chi connectivity index (χ1) is 15.0. The molecule has 0 spiro atoms. The molecule has 2 aromatic carbocycles. The number of carbonyl (C=O) groups is 1. The lowest BCUT2D eigenvalue weighted by molar-refractivity contribution is -0.113. The van der Waals surface area contributed by atoms with Crippen molar-refractivity contribution >= 4 is 51.4 Å². The van der Waals surface area contributed by atoms with Gasteiger partial charge in [0, 0.05) is 28.4 Å². The van der Waals surface area contributed by atoms with Gasteiger partial charge in [0.1, 0.15) is 11.5 Å². The maximum absolute atomic E-state index is 12.3. The number of methoxy groups -OCH3 is 2. The minimum absolute atomic E-state index is 0.0795. The number of rotatable bonds is 9. The molecule has 1 heterocycles. The highest BCUT2D eigenvalue weighted by molar-refractivity contribution is 9.10. The second-order valence-corrected chi connectivity index (χ2v) is 7.90. The molecule has 31 heavy (non-hydrogen) atoms. The van der Waals surface area contributed by atoms with Gasteiger partial charge in [-0.05, 0) is 17.7 Å². The fourth-order valence-electron chi connectivity index (χ4n) is 2.41. The number of aromatic nitrogens is 3. The monoisotopic (exact) mass is 505 g/mol. The highest BCUT2D eigenvalue weighted by atomic mass is 79.9. The molecule has 0 saturated carbocycles. The number of ether oxygens (including phenoxy) is 2. The van der Waals surface area contributed by atoms with Gasteiger partial charge in [0.05, 0.1) is 26.2 Å². The van der Waals surface area contributed by atoms with Crippen LogP contribution in [-0.4, -0.2) is 47.0 Å². The molecule has 0 aliphatic rings. The van der Waals surface area contributed by atoms with E-state index >= 15 is 0 Å². The minimum atomic E-state index is -0.245. The molecular weight excluding hydrogens is 486 g/mol. The van der Waals surface area contributed by atoms with Gasteiger partial charge in [-0.2, -0.15) is 5.10 Å². The third-order valence-corrected chi connectivity index (χ3v) is 5.30. The van der Waals surface area contributed by atoms with E-state index in [9.17, 15) is 4.79 Å². The SMILES string of the molecule is COc1cc(NC(=O)CSc2nnc(N/N=C/c3cccc(Br)c3)n2N)cc(OC)c1. The van der Waals surface area contributed by atoms with Crippen LogP contribution in [0.2, 0.25) is 0 Å². The summed E-state index contributed by atoms with van der Waals surface area (Å²) >= 11 is 4.54. The number of benzene rings is 2. The van der Waals surface area contributed by atoms with Crippen molar-refractivity contribution in [2.24, 2.45) is 5.10 Å². The number of nitrogens with one attached hydrogen (secondary N) is 2. The summed E-state index contributed by atoms with van der Waals surface area (Å²) in [6.07, 6.45) is 1.63. The number of anilines is 2. The number of nitrogens with zero attached hydrogens (tertiary/aromatic N) is 4. The van der Waals surface area contributed by atoms with Crippen LogP contribution in [0.5, 0.6) is 11.5 Å². The zero-order valence-electron chi connectivity index (χ0n) is 16.7. The van der Waals surface area contributed by atoms with Crippen molar-refractivity contribution in [3.63, 3.8) is 0 Å². The second kappa shape index (κ2) is 10.7. The molecule has 4 N–H and O–H groups in total. The zero-order chi connectivity index (χ0) is 22.2. The summed E-state index contributed by atoms with van der Waals surface area (Å²) in [5, 5.41) is 15.2. The van der Waals surface area contributed by atoms with Crippen LogP contribution in [0.25, 0.3) is 0 Å². The van der Waals surface area contributed by atoms with Crippen LogP contribution < -0.4 is 26.1 Å². The molecule has 0 bridgehead atoms. The largest absolute Gasteiger partial charge is 0.497 e. The van der Waals surface area contributed by atoms with Crippen LogP contribution in [0.3, 0.4) is 0 Å². The topological polar surface area (TPSA) is 129 Å². The molecule has 0 aliphatic carbocycles. The Morgan fingerprint density at radius 3 is 2.65 bits per heavy atom. The summed E-state index contributed by atoms with van der Waals surface area (Å²) < 4.78 is 12.6. The molecule has 0 unspecified atom stereocenters. The average Bonchev–Trinajstić information content (AvgIpc) is 3.11. The Kier molecular flexibility index (Phi) is 7.73. The molecule has 12 heteroatoms. The molecule has 0 saturated heterocycles. The van der Waals surface area contributed by atoms with E-state index in [1.54, 1.807) is 38.6 Å². The molecular formula is C19H20BrN7O3S. The van der Waals surface area contributed by atoms with E-state index in [4.69, 9.17) is 15.3 Å². The molecule has 0 atom stereocenters. The summed E-state index contributed by atoms with van der Waals surface area (Å²) in [6, 6.07) is 12.7. The minimum Gasteiger partial charge on any atom is -0.497 e. The van der Waals surface area contributed by atoms with Gasteiger partial charge in [-0.15, -0.1) is 10.2 Å². The standard InChI is InChI=1S/C19H20BrN7O3S/c1-29-15-7-14(8-16(9-15)30-2)23-17(28)11-31-19-26-25-18(27(19)21)24-22-10-12-4-3-5-13(20)6-12/h3-10H,11,21H2,1-2H3,(H,23,28)(H,24,25)/b22-10+. The van der Waals surface area contributed by atoms with E-state index in [0.29, 0.717) is 22.3 Å². The van der Waals surface area contributed by atoms with E-state index in [1.165, 1.54) is 4.68 Å². The van der Waals surface area contributed by atoms with E-state index in [-0.39, 0.29) is 17.6 Å². The lowest BCUT2D eigenvalue weighted by Crippen LogP contribution is -2.17. The Labute approximate surface area is 191 Å². The van der Waals surface area contributed by atoms with E-state index < -0.39 is 0 Å². The predicted octanol–water partition coefficient (Wildman–Crippen LogP) is 2.95. The van der Waals surface area contributed by atoms with Gasteiger partial charge in [0.2, 0.25) is 11.1 Å². The Balaban J connectivity index is 1.55. The third kappa shape index (κ3) is 6.36. The maximum Gasteiger partial charge on any atom is 0.264 e. The van der Waals surface area contributed by atoms with Crippen LogP contribution in [-0.2, 0) is 4.79 Å². The second-order valence-electron chi connectivity index (χ2n) is 6.04. The molecule has 0 radical (unpaired) electrons. The van der Waals surface area contributed by atoms with Crippen LogP contribution >= 0.6 is 27.7 Å². The maximum atomic E-state index is 12.3. The number of thioether (sulfide) groups is 1. The Bertz CT molecular complexity index is 1070. The van der Waals surface area contributed by atoms with Crippen LogP contribution in [0, 0.1) is 0 Å². The van der Waals surface area contributed by atoms with Crippen LogP contribution in [0.15, 0.2) is 57.2 Å². The quantitative estimate of drug-likeness (QED) is 0.175. The molecule has 0 aliphatic heterocycles. The van der Waals surface area contributed by atoms with Gasteiger partial charge < -0.3 is 20.6 Å². The van der Waals surface area contributed by atoms with Gasteiger partial charge >= 0.3 is 0 Å². The van der Waals surface area contributed by atoms with Gasteiger partial charge in [-0.25, -0.2) is 10.1 Å². The Morgan fingerprint density at radius 1 is 1.23 bits per heavy atom. The van der Waals surface area contributed by atoms with E-state index in [0.717, 1.165) is 21.8 Å². The van der Waals surface area contributed by atoms with Gasteiger partial charge in [0.15, 0.2) is 0 Å². The summed E-state index contributed by atoms with van der Waals surface area (Å²) in [4.78, 5) is 12.3. The number of amides is 1. The number of hydrazone groups is 1. The molecule has 1 aromatic heterocycles. The highest BCUT2D eigenvalue weighted by Crippen LogP contribution is 2.26. The normalized spacial score (nSPS) is 10.8. The van der Waals surface area contributed by atoms with Crippen molar-refractivity contribution in [2.75, 3.05) is 36.6 Å². The van der Waals surface area contributed by atoms with Crippen molar-refractivity contribution < 1.29 is 14.3 Å². The molecule has 1 amide bonds. The van der Waals surface area contributed by atoms with E-state index in [2.05, 4.69) is 42.0 Å². The van der Waals surface area contributed by atoms with Crippen molar-refractivity contribution in [3.8, 4) is 11.5 Å². The molecule has 162 valence electrons. The van der Waals surface area contributed by atoms with Gasteiger partial charge in [-0.1, -0.05) is 39.8 Å². The first-order valence-electron chi connectivity index (χ1n) is 8.89. The van der Waals surface area contributed by atoms with Crippen LogP contribution in [0.1, 0.15) is 5.56 Å². The number of hydrogen-bond donors (Lipinski definition) is 3. The lowest BCUT2D eigenvalue weighted by Gasteiger charge is -2.09. The Hall–Kier alpha value is -3.25. The lowest BCUT2D eigenvalue weighted by atomic mass is 10.2. The number of nitrogens with two attached hydrogens (primary N) is 1. The number of nitrogen functional groups attached to an aromatic ring is 1. The molecule has 0 fully saturated rings. The molecule has 3 aromatic rings. The highest BCUT2D eigenvalue weighted by Gasteiger charge is 2.13. The van der Waals surface area contributed by atoms with Crippen molar-refractivity contribution in [3.05, 3.63) is 52.5 Å². The van der Waals surface area contributed by atoms with E-state index in [1.807, 2.05) is 24.3 Å². The first kappa shape index (κ1) is 22.4. The van der Waals surface area contributed by atoms with Crippen LogP contribution in [0.4, 0.5) is 11.6 Å². The van der Waals surface area contributed by atoms with Gasteiger partial charge in [-0.3, -0.25) is 4.79 Å². The van der Waals surface area contributed by atoms with Gasteiger partial charge in [0.25, 0.3) is 5.95 Å². The van der Waals surface area contributed by atoms with Crippen molar-refractivity contribution in [1.29, 1.82) is 0 Å². The fourth-order valence-corrected chi connectivity index (χ4v) is 3.48. The average molecular weight is 506 g/mol. The number of carbonyl (C=O) groups excluding carboxylic acids is 1. The zero-order valence-corrected chi connectivity index (χ0v) is 19.1. The first-order valence-corrected chi connectivity index (χ1v) is 10.7.